The minimum atomic E-state index is -0.242. The van der Waals surface area contributed by atoms with Crippen LogP contribution >= 0.6 is 0 Å². The molecular formula is C20H20N4O2. The number of esters is 1. The first-order valence-corrected chi connectivity index (χ1v) is 8.99. The summed E-state index contributed by atoms with van der Waals surface area (Å²) in [5.41, 5.74) is 4.61. The van der Waals surface area contributed by atoms with Gasteiger partial charge in [-0.15, -0.1) is 0 Å². The first-order chi connectivity index (χ1) is 12.6. The third-order valence-corrected chi connectivity index (χ3v) is 6.04. The molecule has 2 bridgehead atoms. The van der Waals surface area contributed by atoms with Crippen molar-refractivity contribution in [2.24, 2.45) is 0 Å². The van der Waals surface area contributed by atoms with Crippen molar-refractivity contribution in [3.05, 3.63) is 59.4 Å². The maximum atomic E-state index is 12.1. The average Bonchev–Trinajstić information content (AvgIpc) is 2.98. The fourth-order valence-corrected chi connectivity index (χ4v) is 4.89. The lowest BCUT2D eigenvalue weighted by Gasteiger charge is -2.70. The highest BCUT2D eigenvalue weighted by molar-refractivity contribution is 5.90. The summed E-state index contributed by atoms with van der Waals surface area (Å²) in [6.07, 6.45) is 8.55. The number of carbonyl (C=O) groups is 1. The molecule has 132 valence electrons. The quantitative estimate of drug-likeness (QED) is 0.678. The minimum absolute atomic E-state index is 0.153. The number of rotatable bonds is 4. The van der Waals surface area contributed by atoms with Gasteiger partial charge in [0.05, 0.1) is 17.9 Å². The Labute approximate surface area is 151 Å². The van der Waals surface area contributed by atoms with Gasteiger partial charge in [-0.2, -0.15) is 0 Å². The molecular weight excluding hydrogens is 328 g/mol. The number of carbonyl (C=O) groups excluding carboxylic acids is 1. The maximum Gasteiger partial charge on any atom is 0.338 e. The Kier molecular flexibility index (Phi) is 3.05. The Hall–Kier alpha value is -2.76. The SMILES string of the molecule is CCOC(=O)c1ccc(C)c(C23CC(c4cn5cncnc5n4)(C2)C3)c1. The van der Waals surface area contributed by atoms with Gasteiger partial charge in [-0.25, -0.2) is 19.7 Å². The summed E-state index contributed by atoms with van der Waals surface area (Å²) in [7, 11) is 0. The summed E-state index contributed by atoms with van der Waals surface area (Å²) < 4.78 is 7.04. The fraction of sp³-hybridized carbons (Fsp3) is 0.400. The Bertz CT molecular complexity index is 986. The number of imidazole rings is 1. The number of aromatic nitrogens is 4. The summed E-state index contributed by atoms with van der Waals surface area (Å²) >= 11 is 0. The van der Waals surface area contributed by atoms with Gasteiger partial charge in [-0.1, -0.05) is 6.07 Å². The lowest BCUT2D eigenvalue weighted by atomic mass is 9.32. The third-order valence-electron chi connectivity index (χ3n) is 6.04. The first-order valence-electron chi connectivity index (χ1n) is 8.99. The molecule has 26 heavy (non-hydrogen) atoms. The molecule has 6 nitrogen and oxygen atoms in total. The van der Waals surface area contributed by atoms with E-state index in [-0.39, 0.29) is 16.8 Å². The zero-order chi connectivity index (χ0) is 17.9. The lowest BCUT2D eigenvalue weighted by Crippen LogP contribution is -2.67. The number of fused-ring (bicyclic) bond motifs is 1. The second-order valence-corrected chi connectivity index (χ2v) is 7.68. The van der Waals surface area contributed by atoms with Gasteiger partial charge in [-0.3, -0.25) is 4.40 Å². The molecule has 6 rings (SSSR count). The summed E-state index contributed by atoms with van der Waals surface area (Å²) in [5, 5.41) is 0. The van der Waals surface area contributed by atoms with Crippen LogP contribution in [-0.2, 0) is 15.6 Å². The molecule has 0 saturated heterocycles. The second-order valence-electron chi connectivity index (χ2n) is 7.68. The van der Waals surface area contributed by atoms with Crippen LogP contribution in [0.5, 0.6) is 0 Å². The van der Waals surface area contributed by atoms with Gasteiger partial charge in [-0.05, 0) is 61.8 Å². The molecule has 3 fully saturated rings. The van der Waals surface area contributed by atoms with E-state index in [4.69, 9.17) is 9.72 Å². The maximum absolute atomic E-state index is 12.1. The van der Waals surface area contributed by atoms with Crippen LogP contribution in [0.1, 0.15) is 53.4 Å². The van der Waals surface area contributed by atoms with Crippen LogP contribution in [0.2, 0.25) is 0 Å². The molecule has 0 unspecified atom stereocenters. The zero-order valence-corrected chi connectivity index (χ0v) is 14.9. The summed E-state index contributed by atoms with van der Waals surface area (Å²) in [6, 6.07) is 5.93. The minimum Gasteiger partial charge on any atom is -0.462 e. The standard InChI is InChI=1S/C20H20N4O2/c1-3-26-17(25)14-5-4-13(2)15(6-14)19-8-20(9-19,10-19)16-7-24-12-21-11-22-18(24)23-16/h4-7,11-12H,3,8-10H2,1-2H3. The molecule has 3 aliphatic rings. The first kappa shape index (κ1) is 15.5. The number of hydrogen-bond donors (Lipinski definition) is 0. The highest BCUT2D eigenvalue weighted by atomic mass is 16.5. The zero-order valence-electron chi connectivity index (χ0n) is 14.9. The smallest absolute Gasteiger partial charge is 0.338 e. The van der Waals surface area contributed by atoms with Gasteiger partial charge in [0, 0.05) is 11.6 Å². The van der Waals surface area contributed by atoms with E-state index >= 15 is 0 Å². The van der Waals surface area contributed by atoms with E-state index in [1.807, 2.05) is 29.5 Å². The van der Waals surface area contributed by atoms with E-state index in [2.05, 4.69) is 23.1 Å². The van der Waals surface area contributed by atoms with E-state index in [0.717, 1.165) is 25.0 Å². The van der Waals surface area contributed by atoms with Gasteiger partial charge >= 0.3 is 5.97 Å². The molecule has 0 aliphatic heterocycles. The van der Waals surface area contributed by atoms with Crippen molar-refractivity contribution >= 4 is 11.7 Å². The van der Waals surface area contributed by atoms with E-state index in [1.54, 1.807) is 6.33 Å². The highest BCUT2D eigenvalue weighted by Crippen LogP contribution is 2.74. The van der Waals surface area contributed by atoms with Crippen molar-refractivity contribution in [2.75, 3.05) is 6.61 Å². The topological polar surface area (TPSA) is 69.4 Å². The average molecular weight is 348 g/mol. The summed E-state index contributed by atoms with van der Waals surface area (Å²) in [6.45, 7) is 4.35. The van der Waals surface area contributed by atoms with Crippen molar-refractivity contribution in [3.8, 4) is 0 Å². The van der Waals surface area contributed by atoms with Gasteiger partial charge in [0.1, 0.15) is 12.7 Å². The molecule has 0 amide bonds. The molecule has 0 spiro atoms. The molecule has 6 heteroatoms. The predicted molar refractivity (Wildman–Crippen MR) is 95.1 cm³/mol. The molecule has 1 aromatic carbocycles. The summed E-state index contributed by atoms with van der Waals surface area (Å²) in [5.74, 6) is 0.461. The molecule has 3 aliphatic carbocycles. The van der Waals surface area contributed by atoms with Crippen LogP contribution in [0.15, 0.2) is 37.1 Å². The van der Waals surface area contributed by atoms with Crippen molar-refractivity contribution in [1.82, 2.24) is 19.4 Å². The Morgan fingerprint density at radius 1 is 1.27 bits per heavy atom. The van der Waals surface area contributed by atoms with Crippen molar-refractivity contribution in [1.29, 1.82) is 0 Å². The largest absolute Gasteiger partial charge is 0.462 e. The molecule has 0 N–H and O–H groups in total. The van der Waals surface area contributed by atoms with Crippen molar-refractivity contribution in [2.45, 2.75) is 43.9 Å². The number of hydrogen-bond acceptors (Lipinski definition) is 5. The van der Waals surface area contributed by atoms with Crippen LogP contribution in [-0.4, -0.2) is 31.9 Å². The third kappa shape index (κ3) is 1.98. The van der Waals surface area contributed by atoms with Crippen LogP contribution in [0, 0.1) is 6.92 Å². The molecule has 2 heterocycles. The second kappa shape index (κ2) is 5.13. The van der Waals surface area contributed by atoms with Crippen LogP contribution in [0.4, 0.5) is 0 Å². The summed E-state index contributed by atoms with van der Waals surface area (Å²) in [4.78, 5) is 25.1. The molecule has 3 saturated carbocycles. The van der Waals surface area contributed by atoms with Gasteiger partial charge < -0.3 is 4.74 Å². The van der Waals surface area contributed by atoms with E-state index in [1.165, 1.54) is 17.5 Å². The molecule has 2 aromatic heterocycles. The fourth-order valence-electron chi connectivity index (χ4n) is 4.89. The highest BCUT2D eigenvalue weighted by Gasteiger charge is 2.70. The van der Waals surface area contributed by atoms with E-state index in [9.17, 15) is 4.79 Å². The Morgan fingerprint density at radius 2 is 2.08 bits per heavy atom. The number of aryl methyl sites for hydroxylation is 1. The van der Waals surface area contributed by atoms with Gasteiger partial charge in [0.2, 0.25) is 5.78 Å². The van der Waals surface area contributed by atoms with Gasteiger partial charge in [0.25, 0.3) is 0 Å². The molecule has 0 radical (unpaired) electrons. The van der Waals surface area contributed by atoms with E-state index < -0.39 is 0 Å². The van der Waals surface area contributed by atoms with E-state index in [0.29, 0.717) is 17.9 Å². The Balaban J connectivity index is 1.43. The number of ether oxygens (including phenoxy) is 1. The molecule has 3 aromatic rings. The van der Waals surface area contributed by atoms with Crippen LogP contribution in [0.25, 0.3) is 5.78 Å². The predicted octanol–water partition coefficient (Wildman–Crippen LogP) is 2.98. The normalized spacial score (nSPS) is 26.2. The monoisotopic (exact) mass is 348 g/mol. The van der Waals surface area contributed by atoms with Crippen LogP contribution in [0.3, 0.4) is 0 Å². The van der Waals surface area contributed by atoms with Crippen molar-refractivity contribution in [3.63, 3.8) is 0 Å². The molecule has 0 atom stereocenters. The van der Waals surface area contributed by atoms with Crippen LogP contribution < -0.4 is 0 Å². The van der Waals surface area contributed by atoms with Gasteiger partial charge in [0.15, 0.2) is 0 Å². The Morgan fingerprint density at radius 3 is 2.81 bits per heavy atom. The number of nitrogens with zero attached hydrogens (tertiary/aromatic N) is 4. The lowest BCUT2D eigenvalue weighted by molar-refractivity contribution is -0.0724. The number of benzene rings is 1. The van der Waals surface area contributed by atoms with Crippen molar-refractivity contribution < 1.29 is 9.53 Å².